The van der Waals surface area contributed by atoms with Crippen molar-refractivity contribution in [2.75, 3.05) is 0 Å². The molecule has 1 radical (unpaired) electrons. The van der Waals surface area contributed by atoms with Crippen LogP contribution in [0.15, 0.2) is 200 Å². The fourth-order valence-electron chi connectivity index (χ4n) is 9.67. The average Bonchev–Trinajstić information content (AvgIpc) is 3.40. The van der Waals surface area contributed by atoms with E-state index in [1.807, 2.05) is 200 Å². The molecule has 0 saturated heterocycles. The van der Waals surface area contributed by atoms with E-state index in [9.17, 15) is 29.7 Å². The van der Waals surface area contributed by atoms with Crippen LogP contribution < -0.4 is 29.5 Å². The molecule has 0 fully saturated rings. The molecule has 0 spiro atoms. The van der Waals surface area contributed by atoms with Crippen LogP contribution in [0.5, 0.6) is 34.5 Å². The minimum absolute atomic E-state index is 0. The Hall–Kier alpha value is -8.69. The third-order valence-corrected chi connectivity index (χ3v) is 13.1. The van der Waals surface area contributed by atoms with Gasteiger partial charge in [-0.3, -0.25) is 0 Å². The van der Waals surface area contributed by atoms with Crippen molar-refractivity contribution in [1.82, 2.24) is 0 Å². The van der Waals surface area contributed by atoms with Crippen LogP contribution in [0.25, 0.3) is 0 Å². The number of fused-ring (bicyclic) bond motifs is 6. The number of hydrogen-bond acceptors (Lipinski definition) is 9. The van der Waals surface area contributed by atoms with Crippen molar-refractivity contribution in [2.45, 2.75) is 38.5 Å². The average molecular weight is 1000 g/mol. The molecule has 9 aromatic rings. The summed E-state index contributed by atoms with van der Waals surface area (Å²) in [6.07, 6.45) is 3.28. The Balaban J connectivity index is 0.000000134. The van der Waals surface area contributed by atoms with E-state index in [4.69, 9.17) is 14.2 Å². The quantitative estimate of drug-likeness (QED) is 0.129. The minimum atomic E-state index is -1.15. The Labute approximate surface area is 433 Å². The zero-order chi connectivity index (χ0) is 49.6. The number of carboxylic acids is 3. The topological polar surface area (TPSA) is 148 Å². The summed E-state index contributed by atoms with van der Waals surface area (Å²) in [5.74, 6) is 0.696. The second-order valence-electron chi connectivity index (χ2n) is 17.7. The first-order valence-electron chi connectivity index (χ1n) is 23.6. The molecule has 12 rings (SSSR count). The fourth-order valence-corrected chi connectivity index (χ4v) is 9.67. The Bertz CT molecular complexity index is 3120. The number of rotatable bonds is 9. The Morgan fingerprint density at radius 3 is 0.822 bits per heavy atom. The molecular formula is C63H45FeO9. The molecule has 0 N–H and O–H groups in total. The number of benzene rings is 9. The van der Waals surface area contributed by atoms with Crippen LogP contribution in [-0.2, 0) is 55.6 Å². The monoisotopic (exact) mass is 1000 g/mol. The van der Waals surface area contributed by atoms with Crippen LogP contribution in [0, 0.1) is 0 Å². The van der Waals surface area contributed by atoms with Gasteiger partial charge in [-0.2, -0.15) is 0 Å². The summed E-state index contributed by atoms with van der Waals surface area (Å²) in [5, 5.41) is 35.5. The van der Waals surface area contributed by atoms with Crippen LogP contribution >= 0.6 is 0 Å². The predicted octanol–water partition coefficient (Wildman–Crippen LogP) is 10.0. The molecule has 0 bridgehead atoms. The molecule has 0 amide bonds. The van der Waals surface area contributed by atoms with Gasteiger partial charge >= 0.3 is 17.1 Å². The van der Waals surface area contributed by atoms with Gasteiger partial charge in [-0.15, -0.1) is 0 Å². The van der Waals surface area contributed by atoms with Gasteiger partial charge in [0.05, 0.1) is 17.9 Å². The van der Waals surface area contributed by atoms with Crippen LogP contribution in [0.1, 0.15) is 97.8 Å². The maximum absolute atomic E-state index is 11.8. The molecule has 0 unspecified atom stereocenters. The first-order valence-corrected chi connectivity index (χ1v) is 23.6. The minimum Gasteiger partial charge on any atom is -0.545 e. The second kappa shape index (κ2) is 22.2. The molecule has 0 saturated carbocycles. The smallest absolute Gasteiger partial charge is 0.545 e. The second-order valence-corrected chi connectivity index (χ2v) is 17.7. The van der Waals surface area contributed by atoms with Gasteiger partial charge in [-0.25, -0.2) is 0 Å². The van der Waals surface area contributed by atoms with Gasteiger partial charge < -0.3 is 43.9 Å². The maximum atomic E-state index is 11.8. The molecule has 3 aliphatic heterocycles. The third-order valence-electron chi connectivity index (χ3n) is 13.1. The van der Waals surface area contributed by atoms with Crippen LogP contribution in [-0.4, -0.2) is 17.9 Å². The molecule has 9 nitrogen and oxygen atoms in total. The summed E-state index contributed by atoms with van der Waals surface area (Å²) in [4.78, 5) is 35.5. The Morgan fingerprint density at radius 1 is 0.315 bits per heavy atom. The molecule has 3 aliphatic rings. The fraction of sp³-hybridized carbons (Fsp3) is 0.0952. The normalized spacial score (nSPS) is 11.8. The zero-order valence-electron chi connectivity index (χ0n) is 39.3. The van der Waals surface area contributed by atoms with Crippen LogP contribution in [0.3, 0.4) is 0 Å². The van der Waals surface area contributed by atoms with Crippen LogP contribution in [0.2, 0.25) is 0 Å². The van der Waals surface area contributed by atoms with Gasteiger partial charge in [0, 0.05) is 52.6 Å². The van der Waals surface area contributed by atoms with E-state index < -0.39 is 17.9 Å². The van der Waals surface area contributed by atoms with E-state index >= 15 is 0 Å². The van der Waals surface area contributed by atoms with Crippen molar-refractivity contribution in [3.05, 3.63) is 284 Å². The summed E-state index contributed by atoms with van der Waals surface area (Å²) < 4.78 is 17.6. The first-order chi connectivity index (χ1) is 35.2. The number of ether oxygens (including phenoxy) is 3. The number of carbonyl (C=O) groups is 3. The van der Waals surface area contributed by atoms with Crippen molar-refractivity contribution in [1.29, 1.82) is 0 Å². The number of carboxylic acid groups (broad SMARTS) is 3. The summed E-state index contributed by atoms with van der Waals surface area (Å²) in [7, 11) is 0. The molecule has 0 aliphatic carbocycles. The van der Waals surface area contributed by atoms with Crippen molar-refractivity contribution in [2.24, 2.45) is 0 Å². The van der Waals surface area contributed by atoms with E-state index in [0.29, 0.717) is 72.5 Å². The zero-order valence-corrected chi connectivity index (χ0v) is 40.4. The molecule has 359 valence electrons. The van der Waals surface area contributed by atoms with Crippen LogP contribution in [0.4, 0.5) is 0 Å². The third kappa shape index (κ3) is 11.0. The molecule has 0 atom stereocenters. The molecule has 73 heavy (non-hydrogen) atoms. The number of hydrogen-bond donors (Lipinski definition) is 0. The van der Waals surface area contributed by atoms with Gasteiger partial charge in [0.2, 0.25) is 0 Å². The SMILES string of the molecule is O=C([O-])c1c(Cc2ccccc2)ccc2c1Cc1ccccc1O2.O=C([O-])c1c(Cc2ccccc2)ccc2c1Cc1ccccc1O2.O=C([O-])c1c(Cc2ccccc2)ccc2c1Cc1ccccc1O2.[Fe+3]. The van der Waals surface area contributed by atoms with E-state index in [-0.39, 0.29) is 33.8 Å². The Morgan fingerprint density at radius 2 is 0.562 bits per heavy atom. The van der Waals surface area contributed by atoms with Crippen molar-refractivity contribution >= 4 is 17.9 Å². The van der Waals surface area contributed by atoms with Crippen molar-refractivity contribution in [3.8, 4) is 34.5 Å². The first kappa shape index (κ1) is 49.3. The van der Waals surface area contributed by atoms with Gasteiger partial charge in [-0.05, 0) is 106 Å². The summed E-state index contributed by atoms with van der Waals surface area (Å²) in [6, 6.07) is 63.6. The van der Waals surface area contributed by atoms with Gasteiger partial charge in [0.1, 0.15) is 34.5 Å². The van der Waals surface area contributed by atoms with Crippen molar-refractivity contribution in [3.63, 3.8) is 0 Å². The largest absolute Gasteiger partial charge is 3.00 e. The van der Waals surface area contributed by atoms with Gasteiger partial charge in [-0.1, -0.05) is 164 Å². The van der Waals surface area contributed by atoms with Gasteiger partial charge in [0.15, 0.2) is 0 Å². The van der Waals surface area contributed by atoms with E-state index in [2.05, 4.69) is 0 Å². The molecule has 0 aromatic heterocycles. The standard InChI is InChI=1S/3C21H16O3.Fe/c3*22-21(23)20-16(12-14-6-2-1-3-7-14)10-11-19-17(20)13-15-8-4-5-9-18(15)24-19;/h3*1-11H,12-13H2,(H,22,23);/q;;;+3/p-3. The molecule has 10 heteroatoms. The number of para-hydroxylation sites is 3. The van der Waals surface area contributed by atoms with Gasteiger partial charge in [0.25, 0.3) is 0 Å². The summed E-state index contributed by atoms with van der Waals surface area (Å²) in [5.41, 5.74) is 11.3. The summed E-state index contributed by atoms with van der Waals surface area (Å²) in [6.45, 7) is 0. The number of carbonyl (C=O) groups excluding carboxylic acids is 3. The van der Waals surface area contributed by atoms with E-state index in [1.54, 1.807) is 0 Å². The van der Waals surface area contributed by atoms with E-state index in [0.717, 1.165) is 67.3 Å². The maximum Gasteiger partial charge on any atom is 3.00 e. The molecular weight excluding hydrogens is 957 g/mol. The number of aromatic carboxylic acids is 3. The Kier molecular flexibility index (Phi) is 15.0. The molecule has 9 aromatic carbocycles. The summed E-state index contributed by atoms with van der Waals surface area (Å²) >= 11 is 0. The van der Waals surface area contributed by atoms with E-state index in [1.165, 1.54) is 0 Å². The van der Waals surface area contributed by atoms with Crippen molar-refractivity contribution < 1.29 is 61.0 Å². The predicted molar refractivity (Wildman–Crippen MR) is 268 cm³/mol. The molecule has 3 heterocycles.